The molecule has 0 aromatic heterocycles. The molecule has 0 spiro atoms. The van der Waals surface area contributed by atoms with E-state index in [2.05, 4.69) is 11.4 Å². The van der Waals surface area contributed by atoms with E-state index < -0.39 is 30.1 Å². The first kappa shape index (κ1) is 16.1. The van der Waals surface area contributed by atoms with Crippen LogP contribution in [0.1, 0.15) is 19.8 Å². The van der Waals surface area contributed by atoms with Gasteiger partial charge in [-0.3, -0.25) is 4.79 Å². The van der Waals surface area contributed by atoms with Crippen LogP contribution in [0.25, 0.3) is 0 Å². The Morgan fingerprint density at radius 1 is 1.38 bits per heavy atom. The van der Waals surface area contributed by atoms with Crippen molar-refractivity contribution >= 4 is 11.9 Å². The van der Waals surface area contributed by atoms with Crippen molar-refractivity contribution in [3.8, 4) is 17.6 Å². The summed E-state index contributed by atoms with van der Waals surface area (Å²) >= 11 is 0. The third-order valence-corrected chi connectivity index (χ3v) is 4.14. The maximum Gasteiger partial charge on any atom is 0.351 e. The Balaban J connectivity index is 1.49. The lowest BCUT2D eigenvalue weighted by molar-refractivity contribution is -0.158. The second kappa shape index (κ2) is 6.40. The van der Waals surface area contributed by atoms with Crippen molar-refractivity contribution in [3.63, 3.8) is 0 Å². The van der Waals surface area contributed by atoms with E-state index in [1.807, 2.05) is 0 Å². The maximum absolute atomic E-state index is 12.0. The van der Waals surface area contributed by atoms with Crippen LogP contribution in [0.15, 0.2) is 24.3 Å². The third kappa shape index (κ3) is 3.43. The minimum absolute atomic E-state index is 0.0233. The molecule has 1 saturated carbocycles. The van der Waals surface area contributed by atoms with Gasteiger partial charge in [-0.1, -0.05) is 12.1 Å². The van der Waals surface area contributed by atoms with Gasteiger partial charge in [0.2, 0.25) is 6.10 Å². The molecule has 2 atom stereocenters. The van der Waals surface area contributed by atoms with Crippen LogP contribution in [-0.4, -0.2) is 36.7 Å². The van der Waals surface area contributed by atoms with E-state index in [-0.39, 0.29) is 12.5 Å². The SMILES string of the molecule is C[C@@](C#N)(NC(=O)COC(=O)[C@@H]1COc2ccccc2O1)C1CC1. The summed E-state index contributed by atoms with van der Waals surface area (Å²) in [5.74, 6) is 0.00403. The molecule has 1 aromatic carbocycles. The minimum Gasteiger partial charge on any atom is -0.485 e. The fourth-order valence-corrected chi connectivity index (χ4v) is 2.57. The normalized spacial score (nSPS) is 21.1. The van der Waals surface area contributed by atoms with Gasteiger partial charge in [-0.2, -0.15) is 5.26 Å². The number of nitriles is 1. The Kier molecular flexibility index (Phi) is 4.30. The molecule has 1 aliphatic heterocycles. The molecular formula is C17H18N2O5. The van der Waals surface area contributed by atoms with Crippen molar-refractivity contribution in [1.29, 1.82) is 5.26 Å². The molecule has 1 fully saturated rings. The smallest absolute Gasteiger partial charge is 0.351 e. The molecule has 0 radical (unpaired) electrons. The molecule has 0 bridgehead atoms. The first-order chi connectivity index (χ1) is 11.5. The molecule has 0 unspecified atom stereocenters. The predicted octanol–water partition coefficient (Wildman–Crippen LogP) is 1.18. The molecule has 2 aliphatic rings. The van der Waals surface area contributed by atoms with Crippen molar-refractivity contribution in [1.82, 2.24) is 5.32 Å². The van der Waals surface area contributed by atoms with Gasteiger partial charge in [0.15, 0.2) is 18.1 Å². The van der Waals surface area contributed by atoms with Crippen LogP contribution in [0.3, 0.4) is 0 Å². The first-order valence-electron chi connectivity index (χ1n) is 7.79. The van der Waals surface area contributed by atoms with Crippen LogP contribution in [0.5, 0.6) is 11.5 Å². The summed E-state index contributed by atoms with van der Waals surface area (Å²) in [4.78, 5) is 23.9. The van der Waals surface area contributed by atoms with Gasteiger partial charge < -0.3 is 19.5 Å². The number of hydrogen-bond donors (Lipinski definition) is 1. The molecule has 7 nitrogen and oxygen atoms in total. The number of fused-ring (bicyclic) bond motifs is 1. The molecule has 3 rings (SSSR count). The second-order valence-electron chi connectivity index (χ2n) is 6.11. The topological polar surface area (TPSA) is 97.7 Å². The summed E-state index contributed by atoms with van der Waals surface area (Å²) in [5, 5.41) is 11.8. The number of carbonyl (C=O) groups excluding carboxylic acids is 2. The summed E-state index contributed by atoms with van der Waals surface area (Å²) in [6.07, 6.45) is 0.909. The number of esters is 1. The fourth-order valence-electron chi connectivity index (χ4n) is 2.57. The van der Waals surface area contributed by atoms with Gasteiger partial charge in [-0.25, -0.2) is 4.79 Å². The largest absolute Gasteiger partial charge is 0.485 e. The minimum atomic E-state index is -0.918. The molecule has 1 aromatic rings. The Hall–Kier alpha value is -2.75. The maximum atomic E-state index is 12.0. The molecular weight excluding hydrogens is 312 g/mol. The number of rotatable bonds is 5. The van der Waals surface area contributed by atoms with Gasteiger partial charge in [-0.05, 0) is 37.8 Å². The van der Waals surface area contributed by atoms with Gasteiger partial charge in [0.1, 0.15) is 12.1 Å². The van der Waals surface area contributed by atoms with E-state index in [9.17, 15) is 14.9 Å². The highest BCUT2D eigenvalue weighted by Gasteiger charge is 2.43. The van der Waals surface area contributed by atoms with Gasteiger partial charge in [0.05, 0.1) is 6.07 Å². The number of hydrogen-bond acceptors (Lipinski definition) is 6. The van der Waals surface area contributed by atoms with Crippen molar-refractivity contribution in [2.45, 2.75) is 31.4 Å². The zero-order valence-electron chi connectivity index (χ0n) is 13.3. The average Bonchev–Trinajstić information content (AvgIpc) is 3.44. The second-order valence-corrected chi connectivity index (χ2v) is 6.11. The molecule has 1 amide bonds. The molecule has 126 valence electrons. The van der Waals surface area contributed by atoms with Crippen LogP contribution < -0.4 is 14.8 Å². The predicted molar refractivity (Wildman–Crippen MR) is 82.2 cm³/mol. The molecule has 1 heterocycles. The van der Waals surface area contributed by atoms with Gasteiger partial charge in [0, 0.05) is 0 Å². The lowest BCUT2D eigenvalue weighted by Crippen LogP contribution is -2.48. The van der Waals surface area contributed by atoms with Crippen molar-refractivity contribution in [3.05, 3.63) is 24.3 Å². The highest BCUT2D eigenvalue weighted by molar-refractivity contribution is 5.83. The zero-order valence-corrected chi connectivity index (χ0v) is 13.3. The number of benzene rings is 1. The van der Waals surface area contributed by atoms with Crippen LogP contribution >= 0.6 is 0 Å². The van der Waals surface area contributed by atoms with E-state index in [4.69, 9.17) is 14.2 Å². The van der Waals surface area contributed by atoms with Gasteiger partial charge in [-0.15, -0.1) is 0 Å². The summed E-state index contributed by atoms with van der Waals surface area (Å²) in [5.41, 5.74) is -0.910. The quantitative estimate of drug-likeness (QED) is 0.814. The highest BCUT2D eigenvalue weighted by Crippen LogP contribution is 2.39. The number of amides is 1. The number of carbonyl (C=O) groups is 2. The third-order valence-electron chi connectivity index (χ3n) is 4.14. The summed E-state index contributed by atoms with van der Waals surface area (Å²) in [6.45, 7) is 1.25. The summed E-state index contributed by atoms with van der Waals surface area (Å²) in [7, 11) is 0. The Morgan fingerprint density at radius 3 is 2.75 bits per heavy atom. The Labute approximate surface area is 139 Å². The fraction of sp³-hybridized carbons (Fsp3) is 0.471. The van der Waals surface area contributed by atoms with Crippen LogP contribution in [0.4, 0.5) is 0 Å². The highest BCUT2D eigenvalue weighted by atomic mass is 16.6. The first-order valence-corrected chi connectivity index (χ1v) is 7.79. The number of ether oxygens (including phenoxy) is 3. The zero-order chi connectivity index (χ0) is 17.2. The van der Waals surface area contributed by atoms with Crippen LogP contribution in [-0.2, 0) is 14.3 Å². The standard InChI is InChI=1S/C17H18N2O5/c1-17(10-18,11-6-7-11)19-15(20)9-23-16(21)14-8-22-12-4-2-3-5-13(12)24-14/h2-5,11,14H,6-9H2,1H3,(H,19,20)/t14-,17-/m0/s1. The Bertz CT molecular complexity index is 694. The van der Waals surface area contributed by atoms with E-state index in [0.29, 0.717) is 11.5 Å². The van der Waals surface area contributed by atoms with E-state index in [1.165, 1.54) is 0 Å². The van der Waals surface area contributed by atoms with Crippen molar-refractivity contribution in [2.24, 2.45) is 5.92 Å². The molecule has 1 N–H and O–H groups in total. The van der Waals surface area contributed by atoms with Crippen LogP contribution in [0, 0.1) is 17.2 Å². The monoisotopic (exact) mass is 330 g/mol. The van der Waals surface area contributed by atoms with Crippen molar-refractivity contribution in [2.75, 3.05) is 13.2 Å². The van der Waals surface area contributed by atoms with E-state index >= 15 is 0 Å². The number of para-hydroxylation sites is 2. The molecule has 1 aliphatic carbocycles. The van der Waals surface area contributed by atoms with E-state index in [0.717, 1.165) is 12.8 Å². The van der Waals surface area contributed by atoms with Gasteiger partial charge in [0.25, 0.3) is 5.91 Å². The van der Waals surface area contributed by atoms with Gasteiger partial charge >= 0.3 is 5.97 Å². The number of nitrogens with one attached hydrogen (secondary N) is 1. The summed E-state index contributed by atoms with van der Waals surface area (Å²) < 4.78 is 15.9. The number of nitrogens with zero attached hydrogens (tertiary/aromatic N) is 1. The van der Waals surface area contributed by atoms with E-state index in [1.54, 1.807) is 31.2 Å². The molecule has 7 heteroatoms. The molecule has 0 saturated heterocycles. The lowest BCUT2D eigenvalue weighted by Gasteiger charge is -2.25. The Morgan fingerprint density at radius 2 is 2.08 bits per heavy atom. The summed E-state index contributed by atoms with van der Waals surface area (Å²) in [6, 6.07) is 9.12. The molecule has 24 heavy (non-hydrogen) atoms. The average molecular weight is 330 g/mol. The van der Waals surface area contributed by atoms with Crippen LogP contribution in [0.2, 0.25) is 0 Å². The van der Waals surface area contributed by atoms with Crippen molar-refractivity contribution < 1.29 is 23.8 Å². The lowest BCUT2D eigenvalue weighted by atomic mass is 9.98.